The zero-order chi connectivity index (χ0) is 19.1. The van der Waals surface area contributed by atoms with Crippen molar-refractivity contribution in [3.8, 4) is 0 Å². The number of hydrogen-bond acceptors (Lipinski definition) is 4. The molecule has 0 bridgehead atoms. The van der Waals surface area contributed by atoms with Crippen LogP contribution in [0.25, 0.3) is 0 Å². The molecule has 27 heavy (non-hydrogen) atoms. The van der Waals surface area contributed by atoms with E-state index in [1.165, 1.54) is 31.4 Å². The van der Waals surface area contributed by atoms with Gasteiger partial charge in [0.15, 0.2) is 0 Å². The quantitative estimate of drug-likeness (QED) is 0.729. The van der Waals surface area contributed by atoms with Crippen LogP contribution in [-0.4, -0.2) is 35.2 Å². The predicted molar refractivity (Wildman–Crippen MR) is 103 cm³/mol. The maximum atomic E-state index is 11.9. The molecule has 1 aliphatic rings. The second-order valence-electron chi connectivity index (χ2n) is 6.61. The fraction of sp³-hybridized carbons (Fsp3) is 0.350. The number of urea groups is 1. The summed E-state index contributed by atoms with van der Waals surface area (Å²) in [5.41, 5.74) is 2.00. The van der Waals surface area contributed by atoms with Gasteiger partial charge in [-0.1, -0.05) is 18.2 Å². The number of nitrogens with zero attached hydrogens (tertiary/aromatic N) is 2. The van der Waals surface area contributed by atoms with Gasteiger partial charge in [-0.05, 0) is 48.6 Å². The molecule has 1 saturated heterocycles. The third-order valence-corrected chi connectivity index (χ3v) is 4.60. The van der Waals surface area contributed by atoms with Gasteiger partial charge in [0.25, 0.3) is 0 Å². The Bertz CT molecular complexity index is 769. The lowest BCUT2D eigenvalue weighted by atomic mass is 10.1. The van der Waals surface area contributed by atoms with Gasteiger partial charge in [-0.2, -0.15) is 0 Å². The van der Waals surface area contributed by atoms with E-state index in [4.69, 9.17) is 5.11 Å². The average molecular weight is 368 g/mol. The number of carboxylic acids is 1. The highest BCUT2D eigenvalue weighted by Gasteiger charge is 2.11. The van der Waals surface area contributed by atoms with Crippen LogP contribution in [0.15, 0.2) is 42.6 Å². The molecular weight excluding hydrogens is 344 g/mol. The summed E-state index contributed by atoms with van der Waals surface area (Å²) in [6.45, 7) is 2.84. The summed E-state index contributed by atoms with van der Waals surface area (Å²) >= 11 is 0. The van der Waals surface area contributed by atoms with Crippen molar-refractivity contribution in [1.29, 1.82) is 0 Å². The molecule has 1 aromatic heterocycles. The molecule has 2 heterocycles. The van der Waals surface area contributed by atoms with E-state index in [0.717, 1.165) is 30.0 Å². The summed E-state index contributed by atoms with van der Waals surface area (Å²) in [4.78, 5) is 29.6. The van der Waals surface area contributed by atoms with Gasteiger partial charge in [0.05, 0.1) is 5.56 Å². The van der Waals surface area contributed by atoms with Crippen molar-refractivity contribution in [3.63, 3.8) is 0 Å². The van der Waals surface area contributed by atoms with Crippen LogP contribution >= 0.6 is 0 Å². The van der Waals surface area contributed by atoms with E-state index >= 15 is 0 Å². The van der Waals surface area contributed by atoms with Gasteiger partial charge in [-0.25, -0.2) is 14.6 Å². The number of carbonyl (C=O) groups excluding carboxylic acids is 1. The molecule has 7 heteroatoms. The SMILES string of the molecule is O=C(NCc1ccc(C(=O)O)cc1)NCc1ccc(N2CCCCC2)nc1. The standard InChI is InChI=1S/C20H24N4O3/c25-19(26)17-7-4-15(5-8-17)12-22-20(27)23-14-16-6-9-18(21-13-16)24-10-2-1-3-11-24/h4-9,13H,1-3,10-12,14H2,(H,25,26)(H2,22,23,27). The van der Waals surface area contributed by atoms with Gasteiger partial charge in [0, 0.05) is 32.4 Å². The first kappa shape index (κ1) is 18.7. The number of carbonyl (C=O) groups is 2. The van der Waals surface area contributed by atoms with Crippen LogP contribution in [0.1, 0.15) is 40.7 Å². The van der Waals surface area contributed by atoms with Crippen LogP contribution in [0.2, 0.25) is 0 Å². The highest BCUT2D eigenvalue weighted by atomic mass is 16.4. The number of carboxylic acid groups (broad SMARTS) is 1. The molecule has 0 atom stereocenters. The number of piperidine rings is 1. The number of pyridine rings is 1. The van der Waals surface area contributed by atoms with Gasteiger partial charge in [0.1, 0.15) is 5.82 Å². The Labute approximate surface area is 158 Å². The van der Waals surface area contributed by atoms with Gasteiger partial charge in [-0.15, -0.1) is 0 Å². The van der Waals surface area contributed by atoms with Crippen LogP contribution in [0, 0.1) is 0 Å². The summed E-state index contributed by atoms with van der Waals surface area (Å²) in [6.07, 6.45) is 5.51. The molecular formula is C20H24N4O3. The number of anilines is 1. The van der Waals surface area contributed by atoms with Crippen LogP contribution in [0.5, 0.6) is 0 Å². The second-order valence-corrected chi connectivity index (χ2v) is 6.61. The number of rotatable bonds is 6. The van der Waals surface area contributed by atoms with Crippen LogP contribution in [0.3, 0.4) is 0 Å². The van der Waals surface area contributed by atoms with E-state index < -0.39 is 5.97 Å². The van der Waals surface area contributed by atoms with E-state index in [-0.39, 0.29) is 11.6 Å². The van der Waals surface area contributed by atoms with Crippen molar-refractivity contribution in [3.05, 3.63) is 59.3 Å². The Hall–Kier alpha value is -3.09. The zero-order valence-corrected chi connectivity index (χ0v) is 15.1. The Balaban J connectivity index is 1.42. The molecule has 1 fully saturated rings. The number of benzene rings is 1. The Morgan fingerprint density at radius 1 is 0.926 bits per heavy atom. The summed E-state index contributed by atoms with van der Waals surface area (Å²) in [5.74, 6) is 0.0277. The van der Waals surface area contributed by atoms with E-state index in [1.54, 1.807) is 18.3 Å². The van der Waals surface area contributed by atoms with Crippen LogP contribution < -0.4 is 15.5 Å². The highest BCUT2D eigenvalue weighted by molar-refractivity contribution is 5.87. The molecule has 7 nitrogen and oxygen atoms in total. The smallest absolute Gasteiger partial charge is 0.335 e. The number of amides is 2. The molecule has 0 spiro atoms. The molecule has 3 rings (SSSR count). The number of hydrogen-bond donors (Lipinski definition) is 3. The van der Waals surface area contributed by atoms with Crippen LogP contribution in [0.4, 0.5) is 10.6 Å². The van der Waals surface area contributed by atoms with Crippen molar-refractivity contribution in [2.24, 2.45) is 0 Å². The average Bonchev–Trinajstić information content (AvgIpc) is 2.72. The Kier molecular flexibility index (Phi) is 6.25. The fourth-order valence-corrected chi connectivity index (χ4v) is 3.02. The van der Waals surface area contributed by atoms with Gasteiger partial charge in [-0.3, -0.25) is 0 Å². The molecule has 0 radical (unpaired) electrons. The minimum absolute atomic E-state index is 0.226. The molecule has 0 unspecified atom stereocenters. The molecule has 3 N–H and O–H groups in total. The zero-order valence-electron chi connectivity index (χ0n) is 15.1. The number of aromatic nitrogens is 1. The molecule has 142 valence electrons. The normalized spacial score (nSPS) is 13.9. The Morgan fingerprint density at radius 3 is 2.15 bits per heavy atom. The third-order valence-electron chi connectivity index (χ3n) is 4.60. The first-order valence-electron chi connectivity index (χ1n) is 9.15. The molecule has 1 aliphatic heterocycles. The lowest BCUT2D eigenvalue weighted by Gasteiger charge is -2.27. The fourth-order valence-electron chi connectivity index (χ4n) is 3.02. The topological polar surface area (TPSA) is 94.6 Å². The molecule has 2 aromatic rings. The first-order valence-corrected chi connectivity index (χ1v) is 9.15. The van der Waals surface area contributed by atoms with Gasteiger partial charge in [0.2, 0.25) is 0 Å². The minimum Gasteiger partial charge on any atom is -0.478 e. The van der Waals surface area contributed by atoms with Crippen molar-refractivity contribution in [1.82, 2.24) is 15.6 Å². The monoisotopic (exact) mass is 368 g/mol. The van der Waals surface area contributed by atoms with Crippen LogP contribution in [-0.2, 0) is 13.1 Å². The maximum absolute atomic E-state index is 11.9. The summed E-state index contributed by atoms with van der Waals surface area (Å²) < 4.78 is 0. The summed E-state index contributed by atoms with van der Waals surface area (Å²) in [7, 11) is 0. The van der Waals surface area contributed by atoms with E-state index in [0.29, 0.717) is 13.1 Å². The largest absolute Gasteiger partial charge is 0.478 e. The van der Waals surface area contributed by atoms with Gasteiger partial charge >= 0.3 is 12.0 Å². The van der Waals surface area contributed by atoms with Gasteiger partial charge < -0.3 is 20.6 Å². The maximum Gasteiger partial charge on any atom is 0.335 e. The number of nitrogens with one attached hydrogen (secondary N) is 2. The highest BCUT2D eigenvalue weighted by Crippen LogP contribution is 2.17. The van der Waals surface area contributed by atoms with E-state index in [1.807, 2.05) is 12.1 Å². The second kappa shape index (κ2) is 9.02. The molecule has 1 aromatic carbocycles. The first-order chi connectivity index (χ1) is 13.1. The molecule has 2 amide bonds. The molecule has 0 aliphatic carbocycles. The summed E-state index contributed by atoms with van der Waals surface area (Å²) in [6, 6.07) is 10.1. The van der Waals surface area contributed by atoms with E-state index in [2.05, 4.69) is 20.5 Å². The lowest BCUT2D eigenvalue weighted by Crippen LogP contribution is -2.34. The molecule has 0 saturated carbocycles. The van der Waals surface area contributed by atoms with Crippen molar-refractivity contribution >= 4 is 17.8 Å². The summed E-state index contributed by atoms with van der Waals surface area (Å²) in [5, 5.41) is 14.4. The van der Waals surface area contributed by atoms with Crippen molar-refractivity contribution in [2.45, 2.75) is 32.4 Å². The van der Waals surface area contributed by atoms with Crippen molar-refractivity contribution in [2.75, 3.05) is 18.0 Å². The van der Waals surface area contributed by atoms with Crippen molar-refractivity contribution < 1.29 is 14.7 Å². The predicted octanol–water partition coefficient (Wildman–Crippen LogP) is 2.77. The van der Waals surface area contributed by atoms with E-state index in [9.17, 15) is 9.59 Å². The third kappa shape index (κ3) is 5.44. The number of aromatic carboxylic acids is 1. The minimum atomic E-state index is -0.966. The Morgan fingerprint density at radius 2 is 1.56 bits per heavy atom. The lowest BCUT2D eigenvalue weighted by molar-refractivity contribution is 0.0697.